The molecule has 0 bridgehead atoms. The van der Waals surface area contributed by atoms with Crippen LogP contribution in [0.1, 0.15) is 107 Å². The molecule has 0 fully saturated rings. The van der Waals surface area contributed by atoms with Crippen LogP contribution in [0.15, 0.2) is 59.5 Å². The molecule has 2 unspecified atom stereocenters. The molecule has 0 saturated heterocycles. The lowest BCUT2D eigenvalue weighted by molar-refractivity contribution is -0.168. The molecule has 0 aliphatic heterocycles. The SMILES string of the molecule is CC(C)(C)C.CC(C)(C)OC(C(=O)C(C)(C)C(C)(C)OCCCC(C=O)CC=O)c1ccccc1.CNc1cccc(S(=O)(=O)O)c1. The second-order valence-corrected chi connectivity index (χ2v) is 16.5. The lowest BCUT2D eigenvalue weighted by Gasteiger charge is -2.43. The summed E-state index contributed by atoms with van der Waals surface area (Å²) in [4.78, 5) is 35.2. The zero-order valence-corrected chi connectivity index (χ0v) is 31.4. The van der Waals surface area contributed by atoms with Crippen molar-refractivity contribution < 1.29 is 36.8 Å². The number of anilines is 1. The largest absolute Gasteiger partial charge is 0.388 e. The smallest absolute Gasteiger partial charge is 0.294 e. The minimum atomic E-state index is -4.08. The van der Waals surface area contributed by atoms with E-state index in [1.807, 2.05) is 78.8 Å². The second-order valence-electron chi connectivity index (χ2n) is 15.1. The Hall–Kier alpha value is -2.92. The van der Waals surface area contributed by atoms with Crippen molar-refractivity contribution in [3.63, 3.8) is 0 Å². The molecule has 0 aromatic heterocycles. The third-order valence-electron chi connectivity index (χ3n) is 7.13. The summed E-state index contributed by atoms with van der Waals surface area (Å²) in [6, 6.07) is 15.5. The Morgan fingerprint density at radius 1 is 0.894 bits per heavy atom. The maximum Gasteiger partial charge on any atom is 0.294 e. The summed E-state index contributed by atoms with van der Waals surface area (Å²) < 4.78 is 42.2. The second kappa shape index (κ2) is 19.2. The summed E-state index contributed by atoms with van der Waals surface area (Å²) >= 11 is 0. The number of Topliss-reactive ketones (excluding diaryl/α,β-unsaturated/α-hetero) is 1. The number of nitrogens with one attached hydrogen (secondary N) is 1. The molecule has 0 heterocycles. The van der Waals surface area contributed by atoms with E-state index in [2.05, 4.69) is 33.0 Å². The van der Waals surface area contributed by atoms with Crippen molar-refractivity contribution in [2.24, 2.45) is 16.7 Å². The fourth-order valence-electron chi connectivity index (χ4n) is 3.91. The van der Waals surface area contributed by atoms with Gasteiger partial charge in [-0.2, -0.15) is 8.42 Å². The van der Waals surface area contributed by atoms with E-state index in [0.717, 1.165) is 18.1 Å². The first-order valence-corrected chi connectivity index (χ1v) is 17.4. The number of rotatable bonds is 15. The van der Waals surface area contributed by atoms with Crippen LogP contribution >= 0.6 is 0 Å². The quantitative estimate of drug-likeness (QED) is 0.109. The van der Waals surface area contributed by atoms with Gasteiger partial charge in [-0.3, -0.25) is 9.35 Å². The lowest BCUT2D eigenvalue weighted by atomic mass is 9.71. The molecular formula is C37H59NO8S. The van der Waals surface area contributed by atoms with E-state index in [4.69, 9.17) is 14.0 Å². The standard InChI is InChI=1S/C25H38O5.C7H9NO3S.C5H12/c1-23(2,3)30-21(20-13-9-8-10-14-20)22(28)24(4,5)25(6,7)29-17-11-12-19(18-27)15-16-26;1-8-6-3-2-4-7(5-6)12(9,10)11;1-5(2,3)4/h8-10,13-14,16,18-19,21H,11-12,15,17H2,1-7H3;2-5,8H,1H3,(H,9,10,11);1-4H3. The van der Waals surface area contributed by atoms with Gasteiger partial charge >= 0.3 is 0 Å². The molecule has 0 radical (unpaired) electrons. The Balaban J connectivity index is 0.00000101. The molecule has 2 atom stereocenters. The van der Waals surface area contributed by atoms with E-state index < -0.39 is 32.8 Å². The third-order valence-corrected chi connectivity index (χ3v) is 7.98. The van der Waals surface area contributed by atoms with Gasteiger partial charge in [-0.1, -0.05) is 77.9 Å². The topological polar surface area (TPSA) is 136 Å². The Labute approximate surface area is 284 Å². The number of benzene rings is 2. The minimum Gasteiger partial charge on any atom is -0.388 e. The van der Waals surface area contributed by atoms with Crippen LogP contribution in [0.5, 0.6) is 0 Å². The van der Waals surface area contributed by atoms with Gasteiger partial charge < -0.3 is 24.4 Å². The maximum atomic E-state index is 13.7. The third kappa shape index (κ3) is 17.7. The van der Waals surface area contributed by atoms with E-state index in [0.29, 0.717) is 30.6 Å². The van der Waals surface area contributed by atoms with Crippen LogP contribution in [0.2, 0.25) is 0 Å². The van der Waals surface area contributed by atoms with Gasteiger partial charge in [0.25, 0.3) is 10.1 Å². The molecule has 266 valence electrons. The molecule has 2 rings (SSSR count). The van der Waals surface area contributed by atoms with Gasteiger partial charge in [-0.05, 0) is 76.6 Å². The van der Waals surface area contributed by atoms with Crippen molar-refractivity contribution in [2.75, 3.05) is 19.0 Å². The predicted molar refractivity (Wildman–Crippen MR) is 189 cm³/mol. The highest BCUT2D eigenvalue weighted by Gasteiger charge is 2.48. The van der Waals surface area contributed by atoms with Crippen molar-refractivity contribution in [3.8, 4) is 0 Å². The van der Waals surface area contributed by atoms with Crippen LogP contribution in [0.25, 0.3) is 0 Å². The monoisotopic (exact) mass is 677 g/mol. The molecule has 0 aliphatic rings. The number of ether oxygens (including phenoxy) is 2. The molecule has 0 aliphatic carbocycles. The first kappa shape index (κ1) is 44.1. The van der Waals surface area contributed by atoms with Crippen LogP contribution < -0.4 is 5.32 Å². The number of carbonyl (C=O) groups excluding carboxylic acids is 3. The van der Waals surface area contributed by atoms with Gasteiger partial charge in [-0.15, -0.1) is 0 Å². The Bertz CT molecular complexity index is 1330. The highest BCUT2D eigenvalue weighted by atomic mass is 32.2. The molecule has 2 aromatic rings. The van der Waals surface area contributed by atoms with Gasteiger partial charge in [0.1, 0.15) is 18.7 Å². The van der Waals surface area contributed by atoms with E-state index >= 15 is 0 Å². The van der Waals surface area contributed by atoms with Crippen molar-refractivity contribution in [2.45, 2.75) is 118 Å². The zero-order valence-electron chi connectivity index (χ0n) is 30.5. The summed E-state index contributed by atoms with van der Waals surface area (Å²) in [5.41, 5.74) is -0.0977. The number of ketones is 1. The average molecular weight is 678 g/mol. The van der Waals surface area contributed by atoms with Crippen molar-refractivity contribution in [3.05, 3.63) is 60.2 Å². The van der Waals surface area contributed by atoms with Crippen LogP contribution in [0.3, 0.4) is 0 Å². The number of aldehydes is 2. The molecule has 9 nitrogen and oxygen atoms in total. The first-order valence-electron chi connectivity index (χ1n) is 15.9. The highest BCUT2D eigenvalue weighted by Crippen LogP contribution is 2.41. The maximum absolute atomic E-state index is 13.7. The molecule has 2 N–H and O–H groups in total. The lowest BCUT2D eigenvalue weighted by Crippen LogP contribution is -2.50. The molecular weight excluding hydrogens is 618 g/mol. The van der Waals surface area contributed by atoms with E-state index in [9.17, 15) is 22.8 Å². The van der Waals surface area contributed by atoms with Gasteiger partial charge in [0.15, 0.2) is 5.78 Å². The average Bonchev–Trinajstić information content (AvgIpc) is 2.96. The zero-order chi connectivity index (χ0) is 36.7. The number of hydrogen-bond acceptors (Lipinski definition) is 8. The fraction of sp³-hybridized carbons (Fsp3) is 0.595. The molecule has 0 amide bonds. The predicted octanol–water partition coefficient (Wildman–Crippen LogP) is 8.15. The molecule has 2 aromatic carbocycles. The van der Waals surface area contributed by atoms with E-state index in [1.54, 1.807) is 19.2 Å². The van der Waals surface area contributed by atoms with Gasteiger partial charge in [0.2, 0.25) is 0 Å². The van der Waals surface area contributed by atoms with Crippen LogP contribution in [-0.2, 0) is 34.0 Å². The molecule has 0 saturated carbocycles. The Morgan fingerprint density at radius 2 is 1.45 bits per heavy atom. The summed E-state index contributed by atoms with van der Waals surface area (Å²) in [6.07, 6.45) is 2.36. The van der Waals surface area contributed by atoms with Crippen LogP contribution in [0, 0.1) is 16.7 Å². The highest BCUT2D eigenvalue weighted by molar-refractivity contribution is 7.85. The van der Waals surface area contributed by atoms with Crippen LogP contribution in [-0.4, -0.2) is 56.2 Å². The normalized spacial score (nSPS) is 13.6. The van der Waals surface area contributed by atoms with Gasteiger partial charge in [-0.25, -0.2) is 0 Å². The van der Waals surface area contributed by atoms with E-state index in [-0.39, 0.29) is 23.0 Å². The van der Waals surface area contributed by atoms with Crippen molar-refractivity contribution in [1.82, 2.24) is 0 Å². The minimum absolute atomic E-state index is 0.0413. The summed E-state index contributed by atoms with van der Waals surface area (Å²) in [6.45, 7) is 22.6. The van der Waals surface area contributed by atoms with Crippen molar-refractivity contribution in [1.29, 1.82) is 0 Å². The summed E-state index contributed by atoms with van der Waals surface area (Å²) in [5, 5.41) is 2.76. The fourth-order valence-corrected chi connectivity index (χ4v) is 4.44. The van der Waals surface area contributed by atoms with Crippen LogP contribution in [0.4, 0.5) is 5.69 Å². The number of carbonyl (C=O) groups is 3. The molecule has 0 spiro atoms. The number of hydrogen-bond donors (Lipinski definition) is 2. The van der Waals surface area contributed by atoms with Gasteiger partial charge in [0.05, 0.1) is 21.5 Å². The molecule has 47 heavy (non-hydrogen) atoms. The summed E-state index contributed by atoms with van der Waals surface area (Å²) in [5.74, 6) is -0.313. The Morgan fingerprint density at radius 3 is 1.89 bits per heavy atom. The first-order chi connectivity index (χ1) is 21.4. The van der Waals surface area contributed by atoms with E-state index in [1.165, 1.54) is 12.1 Å². The Kier molecular flexibility index (Phi) is 18.0. The molecule has 10 heteroatoms. The van der Waals surface area contributed by atoms with Crippen molar-refractivity contribution >= 4 is 34.2 Å². The summed E-state index contributed by atoms with van der Waals surface area (Å²) in [7, 11) is -2.41. The van der Waals surface area contributed by atoms with Gasteiger partial charge in [0, 0.05) is 31.7 Å².